The lowest BCUT2D eigenvalue weighted by Crippen LogP contribution is -2.71. The molecule has 2 saturated carbocycles. The summed E-state index contributed by atoms with van der Waals surface area (Å²) in [6.07, 6.45) is 4.17. The van der Waals surface area contributed by atoms with Crippen molar-refractivity contribution in [1.82, 2.24) is 0 Å². The molecule has 0 radical (unpaired) electrons. The largest absolute Gasteiger partial charge is 0.383 e. The summed E-state index contributed by atoms with van der Waals surface area (Å²) in [6, 6.07) is 0. The minimum absolute atomic E-state index is 0.0563. The van der Waals surface area contributed by atoms with Crippen LogP contribution in [0.4, 0.5) is 0 Å². The highest BCUT2D eigenvalue weighted by atomic mass is 16.6. The molecule has 0 aromatic carbocycles. The van der Waals surface area contributed by atoms with Crippen molar-refractivity contribution in [3.8, 4) is 0 Å². The van der Waals surface area contributed by atoms with E-state index >= 15 is 0 Å². The Balaban J connectivity index is 1.97. The minimum Gasteiger partial charge on any atom is -0.383 e. The van der Waals surface area contributed by atoms with Gasteiger partial charge in [0.25, 0.3) is 0 Å². The molecule has 1 N–H and O–H groups in total. The smallest absolute Gasteiger partial charge is 0.128 e. The van der Waals surface area contributed by atoms with E-state index < -0.39 is 11.2 Å². The van der Waals surface area contributed by atoms with Crippen molar-refractivity contribution in [3.63, 3.8) is 0 Å². The number of ether oxygens (including phenoxy) is 2. The lowest BCUT2D eigenvalue weighted by Gasteiger charge is -2.56. The highest BCUT2D eigenvalue weighted by Crippen LogP contribution is 2.71. The first kappa shape index (κ1) is 11.7. The number of hydrogen-bond acceptors (Lipinski definition) is 3. The monoisotopic (exact) mass is 252 g/mol. The van der Waals surface area contributed by atoms with E-state index in [4.69, 9.17) is 9.47 Å². The number of hydrogen-bond donors (Lipinski definition) is 1. The van der Waals surface area contributed by atoms with E-state index in [0.29, 0.717) is 5.92 Å². The molecule has 2 heterocycles. The second-order valence-corrected chi connectivity index (χ2v) is 7.72. The lowest BCUT2D eigenvalue weighted by atomic mass is 9.58. The van der Waals surface area contributed by atoms with Gasteiger partial charge in [-0.25, -0.2) is 0 Å². The van der Waals surface area contributed by atoms with Gasteiger partial charge in [-0.15, -0.1) is 0 Å². The summed E-state index contributed by atoms with van der Waals surface area (Å²) in [5.74, 6) is 0.688. The van der Waals surface area contributed by atoms with Crippen LogP contribution >= 0.6 is 0 Å². The third-order valence-corrected chi connectivity index (χ3v) is 6.54. The molecule has 2 aliphatic carbocycles. The van der Waals surface area contributed by atoms with Gasteiger partial charge in [-0.05, 0) is 52.4 Å². The fraction of sp³-hybridized carbons (Fsp3) is 1.00. The van der Waals surface area contributed by atoms with Crippen LogP contribution in [0.2, 0.25) is 0 Å². The fourth-order valence-electron chi connectivity index (χ4n) is 5.79. The minimum atomic E-state index is -0.766. The number of rotatable bonds is 0. The van der Waals surface area contributed by atoms with E-state index in [1.165, 1.54) is 6.42 Å². The van der Waals surface area contributed by atoms with Crippen LogP contribution in [-0.4, -0.2) is 33.6 Å². The maximum absolute atomic E-state index is 11.5. The molecule has 0 aromatic rings. The number of aliphatic hydroxyl groups is 1. The summed E-state index contributed by atoms with van der Waals surface area (Å²) in [7, 11) is 0. The van der Waals surface area contributed by atoms with Gasteiger partial charge in [-0.3, -0.25) is 0 Å². The van der Waals surface area contributed by atoms with Crippen molar-refractivity contribution in [3.05, 3.63) is 0 Å². The Morgan fingerprint density at radius 3 is 2.56 bits per heavy atom. The molecule has 18 heavy (non-hydrogen) atoms. The van der Waals surface area contributed by atoms with Crippen LogP contribution in [-0.2, 0) is 9.47 Å². The summed E-state index contributed by atoms with van der Waals surface area (Å²) < 4.78 is 12.9. The van der Waals surface area contributed by atoms with Crippen LogP contribution < -0.4 is 0 Å². The molecule has 0 unspecified atom stereocenters. The highest BCUT2D eigenvalue weighted by Gasteiger charge is 2.83. The summed E-state index contributed by atoms with van der Waals surface area (Å²) in [6.45, 7) is 8.60. The molecule has 3 nitrogen and oxygen atoms in total. The molecule has 2 saturated heterocycles. The van der Waals surface area contributed by atoms with Gasteiger partial charge in [0.2, 0.25) is 0 Å². The van der Waals surface area contributed by atoms with E-state index in [2.05, 4.69) is 27.7 Å². The highest BCUT2D eigenvalue weighted by molar-refractivity contribution is 5.32. The second kappa shape index (κ2) is 2.82. The summed E-state index contributed by atoms with van der Waals surface area (Å²) in [4.78, 5) is 0. The van der Waals surface area contributed by atoms with Gasteiger partial charge in [0.05, 0.1) is 17.3 Å². The first-order valence-corrected chi connectivity index (χ1v) is 7.37. The molecule has 6 atom stereocenters. The maximum atomic E-state index is 11.5. The Bertz CT molecular complexity index is 420. The summed E-state index contributed by atoms with van der Waals surface area (Å²) in [5.41, 5.74) is -1.82. The molecular formula is C15H24O3. The van der Waals surface area contributed by atoms with Gasteiger partial charge >= 0.3 is 0 Å². The van der Waals surface area contributed by atoms with E-state index in [1.807, 2.05) is 0 Å². The van der Waals surface area contributed by atoms with Gasteiger partial charge in [-0.2, -0.15) is 0 Å². The Morgan fingerprint density at radius 2 is 1.83 bits per heavy atom. The first-order chi connectivity index (χ1) is 8.27. The Morgan fingerprint density at radius 1 is 1.11 bits per heavy atom. The third-order valence-electron chi connectivity index (χ3n) is 6.54. The van der Waals surface area contributed by atoms with Crippen molar-refractivity contribution < 1.29 is 14.6 Å². The Kier molecular flexibility index (Phi) is 1.83. The molecule has 4 bridgehead atoms. The molecule has 3 heteroatoms. The van der Waals surface area contributed by atoms with Crippen LogP contribution in [0.5, 0.6) is 0 Å². The molecular weight excluding hydrogens is 228 g/mol. The molecule has 4 aliphatic rings. The average Bonchev–Trinajstić information content (AvgIpc) is 2.54. The quantitative estimate of drug-likeness (QED) is 0.718. The molecule has 0 aromatic heterocycles. The zero-order valence-corrected chi connectivity index (χ0v) is 11.8. The predicted molar refractivity (Wildman–Crippen MR) is 67.2 cm³/mol. The topological polar surface area (TPSA) is 38.7 Å². The lowest BCUT2D eigenvalue weighted by molar-refractivity contribution is -0.277. The van der Waals surface area contributed by atoms with Gasteiger partial charge in [0, 0.05) is 5.92 Å². The van der Waals surface area contributed by atoms with Crippen LogP contribution in [0.3, 0.4) is 0 Å². The normalized spacial score (nSPS) is 64.2. The van der Waals surface area contributed by atoms with Gasteiger partial charge in [-0.1, -0.05) is 6.92 Å². The van der Waals surface area contributed by atoms with E-state index in [9.17, 15) is 5.11 Å². The predicted octanol–water partition coefficient (Wildman–Crippen LogP) is 2.26. The third kappa shape index (κ3) is 0.889. The fourth-order valence-corrected chi connectivity index (χ4v) is 5.79. The van der Waals surface area contributed by atoms with E-state index in [1.54, 1.807) is 0 Å². The standard InChI is InChI=1S/C15H24O3/c1-9-5-6-10-11-12(2,3)18-13(4)7-8-14(9,17-11)15(10,13)16/h9-11,16H,5-8H2,1-4H3/t9-,10+,11-,13+,14+,15-/m1/s1. The molecule has 4 fully saturated rings. The van der Waals surface area contributed by atoms with Crippen LogP contribution in [0.15, 0.2) is 0 Å². The van der Waals surface area contributed by atoms with Crippen molar-refractivity contribution >= 4 is 0 Å². The average molecular weight is 252 g/mol. The molecule has 4 rings (SSSR count). The van der Waals surface area contributed by atoms with Crippen LogP contribution in [0.1, 0.15) is 53.4 Å². The SMILES string of the molecule is C[C@@H]1CC[C@H]2[C@H]3O[C@@]14CC[C@](C)(OC3(C)C)[C@]24O. The van der Waals surface area contributed by atoms with E-state index in [-0.39, 0.29) is 23.2 Å². The maximum Gasteiger partial charge on any atom is 0.128 e. The first-order valence-electron chi connectivity index (χ1n) is 7.37. The molecule has 2 aliphatic heterocycles. The summed E-state index contributed by atoms with van der Waals surface area (Å²) in [5, 5.41) is 11.5. The van der Waals surface area contributed by atoms with Crippen molar-refractivity contribution in [1.29, 1.82) is 0 Å². The van der Waals surface area contributed by atoms with Crippen molar-refractivity contribution in [2.75, 3.05) is 0 Å². The molecule has 102 valence electrons. The Hall–Kier alpha value is -0.120. The summed E-state index contributed by atoms with van der Waals surface area (Å²) >= 11 is 0. The van der Waals surface area contributed by atoms with E-state index in [0.717, 1.165) is 19.3 Å². The van der Waals surface area contributed by atoms with Crippen molar-refractivity contribution in [2.45, 2.75) is 81.9 Å². The Labute approximate surface area is 109 Å². The van der Waals surface area contributed by atoms with Crippen LogP contribution in [0, 0.1) is 11.8 Å². The molecule has 0 spiro atoms. The van der Waals surface area contributed by atoms with Crippen LogP contribution in [0.25, 0.3) is 0 Å². The molecule has 0 amide bonds. The van der Waals surface area contributed by atoms with Gasteiger partial charge < -0.3 is 14.6 Å². The zero-order valence-electron chi connectivity index (χ0n) is 11.8. The zero-order chi connectivity index (χ0) is 13.0. The van der Waals surface area contributed by atoms with Crippen molar-refractivity contribution in [2.24, 2.45) is 11.8 Å². The second-order valence-electron chi connectivity index (χ2n) is 7.72. The van der Waals surface area contributed by atoms with Gasteiger partial charge in [0.15, 0.2) is 0 Å². The van der Waals surface area contributed by atoms with Gasteiger partial charge in [0.1, 0.15) is 11.2 Å².